The number of nitrogens with one attached hydrogen (secondary N) is 1. The number of fused-ring (bicyclic) bond motifs is 1. The highest BCUT2D eigenvalue weighted by molar-refractivity contribution is 5.85. The largest absolute Gasteiger partial charge is 0.497 e. The van der Waals surface area contributed by atoms with Crippen LogP contribution in [-0.2, 0) is 0 Å². The zero-order valence-electron chi connectivity index (χ0n) is 18.3. The predicted octanol–water partition coefficient (Wildman–Crippen LogP) is 4.63. The number of aromatic nitrogens is 2. The first-order valence-electron chi connectivity index (χ1n) is 10.2. The molecule has 2 aromatic carbocycles. The van der Waals surface area contributed by atoms with Crippen LogP contribution in [0.5, 0.6) is 11.6 Å². The molecule has 4 aromatic rings. The first-order valence-corrected chi connectivity index (χ1v) is 10.2. The van der Waals surface area contributed by atoms with Crippen molar-refractivity contribution in [2.75, 3.05) is 31.8 Å². The fourth-order valence-electron chi connectivity index (χ4n) is 3.52. The summed E-state index contributed by atoms with van der Waals surface area (Å²) in [6.45, 7) is -1.49. The van der Waals surface area contributed by atoms with Gasteiger partial charge in [-0.05, 0) is 54.1 Å². The summed E-state index contributed by atoms with van der Waals surface area (Å²) in [6, 6.07) is 16.4. The standard InChI is InChI=1S/C24H21F3N4O3/c1-29-20-12-14(3-9-19(20)28)18-11-15-4-10-21(34-13-24(25,26)27)30-22(15)31(23(18)32)16-5-7-17(33-2)8-6-16/h3-12,29H,13,28H2,1-2H3. The third kappa shape index (κ3) is 4.61. The van der Waals surface area contributed by atoms with Crippen LogP contribution in [0.1, 0.15) is 0 Å². The number of alkyl halides is 3. The number of benzene rings is 2. The summed E-state index contributed by atoms with van der Waals surface area (Å²) in [4.78, 5) is 17.9. The number of hydrogen-bond acceptors (Lipinski definition) is 6. The molecule has 0 aliphatic rings. The van der Waals surface area contributed by atoms with E-state index in [0.29, 0.717) is 39.3 Å². The average molecular weight is 470 g/mol. The van der Waals surface area contributed by atoms with Crippen molar-refractivity contribution in [2.45, 2.75) is 6.18 Å². The van der Waals surface area contributed by atoms with E-state index in [2.05, 4.69) is 10.3 Å². The number of hydrogen-bond donors (Lipinski definition) is 2. The van der Waals surface area contributed by atoms with E-state index in [1.165, 1.54) is 17.7 Å². The van der Waals surface area contributed by atoms with Crippen LogP contribution in [0, 0.1) is 0 Å². The Balaban J connectivity index is 1.95. The van der Waals surface area contributed by atoms with Crippen LogP contribution in [0.4, 0.5) is 24.5 Å². The molecule has 0 radical (unpaired) electrons. The average Bonchev–Trinajstić information content (AvgIpc) is 2.82. The van der Waals surface area contributed by atoms with Gasteiger partial charge in [-0.2, -0.15) is 18.2 Å². The molecule has 2 heterocycles. The summed E-state index contributed by atoms with van der Waals surface area (Å²) in [5.41, 5.74) is 8.33. The van der Waals surface area contributed by atoms with E-state index in [1.807, 2.05) is 0 Å². The van der Waals surface area contributed by atoms with Crippen molar-refractivity contribution in [2.24, 2.45) is 0 Å². The second-order valence-corrected chi connectivity index (χ2v) is 7.41. The van der Waals surface area contributed by atoms with Gasteiger partial charge in [0.15, 0.2) is 12.3 Å². The minimum atomic E-state index is -4.52. The van der Waals surface area contributed by atoms with E-state index in [1.54, 1.807) is 61.6 Å². The van der Waals surface area contributed by atoms with Crippen molar-refractivity contribution < 1.29 is 22.6 Å². The molecule has 4 rings (SSSR count). The van der Waals surface area contributed by atoms with Crippen molar-refractivity contribution in [3.63, 3.8) is 0 Å². The third-order valence-electron chi connectivity index (χ3n) is 5.17. The quantitative estimate of drug-likeness (QED) is 0.400. The highest BCUT2D eigenvalue weighted by atomic mass is 19.4. The zero-order chi connectivity index (χ0) is 24.5. The normalized spacial score (nSPS) is 11.4. The number of nitrogens with two attached hydrogens (primary N) is 1. The molecule has 0 bridgehead atoms. The Morgan fingerprint density at radius 3 is 2.44 bits per heavy atom. The molecule has 0 saturated heterocycles. The molecule has 0 aliphatic heterocycles. The number of pyridine rings is 2. The topological polar surface area (TPSA) is 91.4 Å². The molecule has 0 fully saturated rings. The van der Waals surface area contributed by atoms with Crippen molar-refractivity contribution in [3.8, 4) is 28.4 Å². The highest BCUT2D eigenvalue weighted by Crippen LogP contribution is 2.29. The van der Waals surface area contributed by atoms with E-state index >= 15 is 0 Å². The van der Waals surface area contributed by atoms with Gasteiger partial charge in [-0.3, -0.25) is 9.36 Å². The molecule has 0 amide bonds. The summed E-state index contributed by atoms with van der Waals surface area (Å²) in [7, 11) is 3.24. The van der Waals surface area contributed by atoms with Crippen molar-refractivity contribution in [1.82, 2.24) is 9.55 Å². The summed E-state index contributed by atoms with van der Waals surface area (Å²) in [5, 5.41) is 3.52. The smallest absolute Gasteiger partial charge is 0.422 e. The number of rotatable bonds is 6. The Kier molecular flexibility index (Phi) is 6.06. The molecule has 0 atom stereocenters. The monoisotopic (exact) mass is 470 g/mol. The Hall–Kier alpha value is -4.21. The van der Waals surface area contributed by atoms with E-state index in [0.717, 1.165) is 0 Å². The van der Waals surface area contributed by atoms with Gasteiger partial charge in [0, 0.05) is 24.1 Å². The molecular weight excluding hydrogens is 449 g/mol. The summed E-state index contributed by atoms with van der Waals surface area (Å²) >= 11 is 0. The Labute approximate surface area is 192 Å². The SMILES string of the molecule is CNc1cc(-c2cc3ccc(OCC(F)(F)F)nc3n(-c3ccc(OC)cc3)c2=O)ccc1N. The van der Waals surface area contributed by atoms with Crippen LogP contribution in [0.2, 0.25) is 0 Å². The number of ether oxygens (including phenoxy) is 2. The van der Waals surface area contributed by atoms with Crippen molar-refractivity contribution >= 4 is 22.4 Å². The van der Waals surface area contributed by atoms with Crippen LogP contribution in [-0.4, -0.2) is 36.5 Å². The minimum Gasteiger partial charge on any atom is -0.497 e. The maximum atomic E-state index is 13.7. The van der Waals surface area contributed by atoms with Gasteiger partial charge in [0.2, 0.25) is 5.88 Å². The number of nitrogen functional groups attached to an aromatic ring is 1. The molecule has 7 nitrogen and oxygen atoms in total. The summed E-state index contributed by atoms with van der Waals surface area (Å²) in [5.74, 6) is 0.334. The van der Waals surface area contributed by atoms with Gasteiger partial charge < -0.3 is 20.5 Å². The number of halogens is 3. The van der Waals surface area contributed by atoms with Gasteiger partial charge in [0.1, 0.15) is 5.75 Å². The number of methoxy groups -OCH3 is 1. The minimum absolute atomic E-state index is 0.155. The fourth-order valence-corrected chi connectivity index (χ4v) is 3.52. The van der Waals surface area contributed by atoms with Gasteiger partial charge in [-0.25, -0.2) is 0 Å². The first kappa shape index (κ1) is 23.0. The molecular formula is C24H21F3N4O3. The molecule has 3 N–H and O–H groups in total. The van der Waals surface area contributed by atoms with Gasteiger partial charge >= 0.3 is 6.18 Å². The molecule has 176 valence electrons. The molecule has 34 heavy (non-hydrogen) atoms. The highest BCUT2D eigenvalue weighted by Gasteiger charge is 2.28. The summed E-state index contributed by atoms with van der Waals surface area (Å²) < 4.78 is 49.2. The van der Waals surface area contributed by atoms with E-state index in [4.69, 9.17) is 15.2 Å². The molecule has 10 heteroatoms. The van der Waals surface area contributed by atoms with Crippen LogP contribution < -0.4 is 26.1 Å². The second-order valence-electron chi connectivity index (χ2n) is 7.41. The lowest BCUT2D eigenvalue weighted by molar-refractivity contribution is -0.154. The summed E-state index contributed by atoms with van der Waals surface area (Å²) in [6.07, 6.45) is -4.52. The Morgan fingerprint density at radius 2 is 1.79 bits per heavy atom. The van der Waals surface area contributed by atoms with Crippen molar-refractivity contribution in [1.29, 1.82) is 0 Å². The maximum Gasteiger partial charge on any atom is 0.422 e. The zero-order valence-corrected chi connectivity index (χ0v) is 18.3. The van der Waals surface area contributed by atoms with E-state index < -0.39 is 18.3 Å². The number of nitrogens with zero attached hydrogens (tertiary/aromatic N) is 2. The van der Waals surface area contributed by atoms with Crippen LogP contribution in [0.15, 0.2) is 65.5 Å². The molecule has 0 spiro atoms. The van der Waals surface area contributed by atoms with Crippen LogP contribution in [0.25, 0.3) is 27.8 Å². The van der Waals surface area contributed by atoms with Crippen molar-refractivity contribution in [3.05, 3.63) is 71.0 Å². The lowest BCUT2D eigenvalue weighted by Crippen LogP contribution is -2.22. The maximum absolute atomic E-state index is 13.7. The molecule has 0 aliphatic carbocycles. The van der Waals surface area contributed by atoms with Crippen LogP contribution in [0.3, 0.4) is 0 Å². The fraction of sp³-hybridized carbons (Fsp3) is 0.167. The van der Waals surface area contributed by atoms with Gasteiger partial charge in [0.25, 0.3) is 5.56 Å². The molecule has 0 saturated carbocycles. The number of anilines is 2. The second kappa shape index (κ2) is 8.97. The van der Waals surface area contributed by atoms with Gasteiger partial charge in [-0.1, -0.05) is 6.07 Å². The Bertz CT molecular complexity index is 1400. The van der Waals surface area contributed by atoms with Gasteiger partial charge in [0.05, 0.1) is 24.2 Å². The third-order valence-corrected chi connectivity index (χ3v) is 5.17. The molecule has 0 unspecified atom stereocenters. The van der Waals surface area contributed by atoms with E-state index in [9.17, 15) is 18.0 Å². The first-order chi connectivity index (χ1) is 16.2. The predicted molar refractivity (Wildman–Crippen MR) is 125 cm³/mol. The lowest BCUT2D eigenvalue weighted by Gasteiger charge is -2.15. The van der Waals surface area contributed by atoms with Gasteiger partial charge in [-0.15, -0.1) is 0 Å². The van der Waals surface area contributed by atoms with E-state index in [-0.39, 0.29) is 11.5 Å². The van der Waals surface area contributed by atoms with Crippen LogP contribution >= 0.6 is 0 Å². The Morgan fingerprint density at radius 1 is 1.06 bits per heavy atom. The lowest BCUT2D eigenvalue weighted by atomic mass is 10.0. The molecule has 2 aromatic heterocycles.